The Morgan fingerprint density at radius 2 is 1.79 bits per heavy atom. The minimum atomic E-state index is -2.04. The van der Waals surface area contributed by atoms with Gasteiger partial charge in [0.1, 0.15) is 10.8 Å². The number of rotatable bonds is 1. The maximum Gasteiger partial charge on any atom is 0.255 e. The second kappa shape index (κ2) is 4.40. The second-order valence-electron chi connectivity index (χ2n) is 2.27. The molecule has 0 amide bonds. The third kappa shape index (κ3) is 2.52. The molecule has 0 bridgehead atoms. The average Bonchev–Trinajstić information content (AvgIpc) is 2.30. The molecule has 1 aromatic heterocycles. The molecule has 0 aromatic carbocycles. The highest BCUT2D eigenvalue weighted by atomic mass is 79.9. The maximum absolute atomic E-state index is 11.5. The molecule has 0 aliphatic carbocycles. The van der Waals surface area contributed by atoms with Crippen molar-refractivity contribution in [3.05, 3.63) is 20.3 Å². The van der Waals surface area contributed by atoms with Crippen LogP contribution in [-0.2, 0) is 0 Å². The summed E-state index contributed by atoms with van der Waals surface area (Å²) in [5.74, 6) is -0.733. The SMILES string of the molecule is O=C(c1[nH]c(Cl)c(Cl)c1Br)C(Cl)(Cl)Cl. The van der Waals surface area contributed by atoms with Gasteiger partial charge in [-0.25, -0.2) is 0 Å². The molecule has 1 aromatic rings. The van der Waals surface area contributed by atoms with Crippen molar-refractivity contribution in [3.63, 3.8) is 0 Å². The Hall–Kier alpha value is 0.880. The normalized spacial score (nSPS) is 11.9. The molecular weight excluding hydrogens is 359 g/mol. The first-order valence-corrected chi connectivity index (χ1v) is 5.77. The van der Waals surface area contributed by atoms with E-state index in [1.165, 1.54) is 0 Å². The molecule has 0 spiro atoms. The van der Waals surface area contributed by atoms with Crippen molar-refractivity contribution in [1.29, 1.82) is 0 Å². The Kier molecular flexibility index (Phi) is 4.07. The van der Waals surface area contributed by atoms with Crippen molar-refractivity contribution >= 4 is 79.7 Å². The smallest absolute Gasteiger partial charge is 0.255 e. The van der Waals surface area contributed by atoms with Gasteiger partial charge in [-0.05, 0) is 15.9 Å². The van der Waals surface area contributed by atoms with Gasteiger partial charge in [-0.1, -0.05) is 58.0 Å². The summed E-state index contributed by atoms with van der Waals surface area (Å²) in [4.78, 5) is 14.0. The van der Waals surface area contributed by atoms with E-state index in [1.54, 1.807) is 0 Å². The van der Waals surface area contributed by atoms with Crippen LogP contribution >= 0.6 is 73.9 Å². The van der Waals surface area contributed by atoms with Crippen LogP contribution in [0.1, 0.15) is 10.5 Å². The number of nitrogens with one attached hydrogen (secondary N) is 1. The van der Waals surface area contributed by atoms with E-state index in [1.807, 2.05) is 0 Å². The number of hydrogen-bond acceptors (Lipinski definition) is 1. The Morgan fingerprint density at radius 1 is 1.29 bits per heavy atom. The predicted molar refractivity (Wildman–Crippen MR) is 63.1 cm³/mol. The summed E-state index contributed by atoms with van der Waals surface area (Å²) in [7, 11) is 0. The Morgan fingerprint density at radius 3 is 2.07 bits per heavy atom. The zero-order valence-corrected chi connectivity index (χ0v) is 11.5. The first kappa shape index (κ1) is 12.9. The third-order valence-electron chi connectivity index (χ3n) is 1.32. The van der Waals surface area contributed by atoms with Gasteiger partial charge in [0.25, 0.3) is 3.79 Å². The highest BCUT2D eigenvalue weighted by Crippen LogP contribution is 2.38. The van der Waals surface area contributed by atoms with Crippen LogP contribution in [0.4, 0.5) is 0 Å². The van der Waals surface area contributed by atoms with E-state index >= 15 is 0 Å². The summed E-state index contributed by atoms with van der Waals surface area (Å²) in [6.07, 6.45) is 0. The van der Waals surface area contributed by atoms with Gasteiger partial charge in [0.15, 0.2) is 0 Å². The molecule has 0 saturated carbocycles. The third-order valence-corrected chi connectivity index (χ3v) is 3.62. The summed E-state index contributed by atoms with van der Waals surface area (Å²) in [6, 6.07) is 0. The molecule has 0 fully saturated rings. The van der Waals surface area contributed by atoms with Crippen LogP contribution in [0, 0.1) is 0 Å². The molecule has 1 rings (SSSR count). The Labute approximate surface area is 113 Å². The number of ketones is 1. The highest BCUT2D eigenvalue weighted by Gasteiger charge is 2.35. The molecule has 1 heterocycles. The number of carbonyl (C=O) groups excluding carboxylic acids is 1. The predicted octanol–water partition coefficient (Wildman–Crippen LogP) is 4.64. The van der Waals surface area contributed by atoms with Gasteiger partial charge in [-0.2, -0.15) is 0 Å². The minimum Gasteiger partial charge on any atom is -0.341 e. The van der Waals surface area contributed by atoms with E-state index in [4.69, 9.17) is 58.0 Å². The van der Waals surface area contributed by atoms with E-state index in [9.17, 15) is 4.79 Å². The molecule has 8 heteroatoms. The summed E-state index contributed by atoms with van der Waals surface area (Å²) in [5, 5.41) is 0.278. The first-order valence-electron chi connectivity index (χ1n) is 3.09. The van der Waals surface area contributed by atoms with Gasteiger partial charge in [0.2, 0.25) is 5.78 Å². The molecule has 0 unspecified atom stereocenters. The lowest BCUT2D eigenvalue weighted by Gasteiger charge is -2.07. The van der Waals surface area contributed by atoms with Gasteiger partial charge < -0.3 is 4.98 Å². The fourth-order valence-corrected chi connectivity index (χ4v) is 1.93. The largest absolute Gasteiger partial charge is 0.341 e. The molecule has 0 atom stereocenters. The van der Waals surface area contributed by atoms with E-state index in [0.29, 0.717) is 0 Å². The van der Waals surface area contributed by atoms with Crippen molar-refractivity contribution < 1.29 is 4.79 Å². The van der Waals surface area contributed by atoms with Crippen LogP contribution < -0.4 is 0 Å². The van der Waals surface area contributed by atoms with Gasteiger partial charge in [0, 0.05) is 0 Å². The van der Waals surface area contributed by atoms with Gasteiger partial charge >= 0.3 is 0 Å². The van der Waals surface area contributed by atoms with Crippen LogP contribution in [0.5, 0.6) is 0 Å². The van der Waals surface area contributed by atoms with Gasteiger partial charge in [-0.15, -0.1) is 0 Å². The number of Topliss-reactive ketones (excluding diaryl/α,β-unsaturated/α-hetero) is 1. The lowest BCUT2D eigenvalue weighted by molar-refractivity contribution is 0.0991. The number of carbonyl (C=O) groups is 1. The zero-order chi connectivity index (χ0) is 11.1. The monoisotopic (exact) mass is 357 g/mol. The molecule has 14 heavy (non-hydrogen) atoms. The van der Waals surface area contributed by atoms with E-state index < -0.39 is 9.58 Å². The fraction of sp³-hybridized carbons (Fsp3) is 0.167. The molecule has 1 N–H and O–H groups in total. The summed E-state index contributed by atoms with van der Waals surface area (Å²) < 4.78 is -1.76. The molecule has 0 aliphatic heterocycles. The fourth-order valence-electron chi connectivity index (χ4n) is 0.724. The number of H-pyrrole nitrogens is 1. The number of aromatic amines is 1. The molecular formula is C6HBrCl5NO. The number of halogens is 6. The van der Waals surface area contributed by atoms with Crippen LogP contribution in [0.25, 0.3) is 0 Å². The lowest BCUT2D eigenvalue weighted by Crippen LogP contribution is -2.19. The van der Waals surface area contributed by atoms with Crippen molar-refractivity contribution in [2.24, 2.45) is 0 Å². The first-order chi connectivity index (χ1) is 6.25. The van der Waals surface area contributed by atoms with Crippen molar-refractivity contribution in [2.45, 2.75) is 3.79 Å². The molecule has 2 nitrogen and oxygen atoms in total. The summed E-state index contributed by atoms with van der Waals surface area (Å²) in [6.45, 7) is 0. The second-order valence-corrected chi connectivity index (χ2v) is 6.10. The lowest BCUT2D eigenvalue weighted by atomic mass is 10.3. The van der Waals surface area contributed by atoms with Gasteiger partial charge in [0.05, 0.1) is 9.50 Å². The maximum atomic E-state index is 11.5. The van der Waals surface area contributed by atoms with Crippen molar-refractivity contribution in [2.75, 3.05) is 0 Å². The van der Waals surface area contributed by atoms with Crippen LogP contribution in [0.3, 0.4) is 0 Å². The summed E-state index contributed by atoms with van der Waals surface area (Å²) >= 11 is 30.6. The molecule has 0 aliphatic rings. The molecule has 78 valence electrons. The Bertz CT molecular complexity index is 382. The number of aromatic nitrogens is 1. The topological polar surface area (TPSA) is 32.9 Å². The van der Waals surface area contributed by atoms with Crippen molar-refractivity contribution in [3.8, 4) is 0 Å². The molecule has 0 radical (unpaired) electrons. The molecule has 0 saturated heterocycles. The number of alkyl halides is 3. The van der Waals surface area contributed by atoms with Gasteiger partial charge in [-0.3, -0.25) is 4.79 Å². The highest BCUT2D eigenvalue weighted by molar-refractivity contribution is 9.10. The van der Waals surface area contributed by atoms with E-state index in [0.717, 1.165) is 0 Å². The minimum absolute atomic E-state index is 0.0278. The number of hydrogen-bond donors (Lipinski definition) is 1. The average molecular weight is 360 g/mol. The van der Waals surface area contributed by atoms with E-state index in [-0.39, 0.29) is 20.3 Å². The van der Waals surface area contributed by atoms with Crippen LogP contribution in [0.15, 0.2) is 4.47 Å². The standard InChI is InChI=1S/C6HBrCl5NO/c7-1-2(8)5(9)13-3(1)4(14)6(10,11)12/h13H. The zero-order valence-electron chi connectivity index (χ0n) is 6.18. The summed E-state index contributed by atoms with van der Waals surface area (Å²) in [5.41, 5.74) is 0.0278. The van der Waals surface area contributed by atoms with Crippen LogP contribution in [0.2, 0.25) is 10.2 Å². The van der Waals surface area contributed by atoms with Crippen molar-refractivity contribution in [1.82, 2.24) is 4.98 Å². The quantitative estimate of drug-likeness (QED) is 0.575. The Balaban J connectivity index is 3.22. The van der Waals surface area contributed by atoms with E-state index in [2.05, 4.69) is 20.9 Å². The van der Waals surface area contributed by atoms with Crippen LogP contribution in [-0.4, -0.2) is 14.6 Å².